The highest BCUT2D eigenvalue weighted by molar-refractivity contribution is 5.68. The van der Waals surface area contributed by atoms with Crippen LogP contribution in [0.25, 0.3) is 0 Å². The van der Waals surface area contributed by atoms with Gasteiger partial charge in [-0.1, -0.05) is 0 Å². The Kier molecular flexibility index (Phi) is 9.11. The van der Waals surface area contributed by atoms with Crippen LogP contribution in [0, 0.1) is 10.1 Å². The van der Waals surface area contributed by atoms with Gasteiger partial charge in [0.25, 0.3) is 0 Å². The summed E-state index contributed by atoms with van der Waals surface area (Å²) in [6.45, 7) is 1.82. The molecule has 5 atom stereocenters. The van der Waals surface area contributed by atoms with Crippen molar-refractivity contribution in [3.05, 3.63) is 27.8 Å². The number of nitro benzene ring substituents is 1. The molecule has 14 heteroatoms. The van der Waals surface area contributed by atoms with E-state index in [1.165, 1.54) is 7.11 Å². The number of nitro groups is 1. The maximum atomic E-state index is 11.8. The first kappa shape index (κ1) is 26.8. The van der Waals surface area contributed by atoms with Crippen LogP contribution in [0.2, 0.25) is 0 Å². The van der Waals surface area contributed by atoms with Crippen LogP contribution in [-0.2, 0) is 39.9 Å². The van der Waals surface area contributed by atoms with Gasteiger partial charge in [-0.3, -0.25) is 24.5 Å². The molecule has 1 fully saturated rings. The third-order valence-electron chi connectivity index (χ3n) is 4.65. The molecule has 34 heavy (non-hydrogen) atoms. The van der Waals surface area contributed by atoms with E-state index in [0.717, 1.165) is 32.9 Å². The maximum Gasteiger partial charge on any atom is 0.311 e. The minimum atomic E-state index is -1.56. The second-order valence-corrected chi connectivity index (χ2v) is 7.11. The van der Waals surface area contributed by atoms with E-state index in [2.05, 4.69) is 0 Å². The molecule has 1 aliphatic rings. The van der Waals surface area contributed by atoms with Crippen LogP contribution in [0.3, 0.4) is 0 Å². The van der Waals surface area contributed by atoms with Crippen molar-refractivity contribution in [3.8, 4) is 11.5 Å². The van der Waals surface area contributed by atoms with Crippen molar-refractivity contribution in [3.63, 3.8) is 0 Å². The van der Waals surface area contributed by atoms with Crippen LogP contribution in [0.5, 0.6) is 11.5 Å². The number of hydrogen-bond donors (Lipinski definition) is 2. The second kappa shape index (κ2) is 11.6. The number of rotatable bonds is 9. The lowest BCUT2D eigenvalue weighted by molar-refractivity contribution is -0.385. The Morgan fingerprint density at radius 2 is 1.53 bits per heavy atom. The summed E-state index contributed by atoms with van der Waals surface area (Å²) in [6.07, 6.45) is -7.14. The minimum Gasteiger partial charge on any atom is -0.490 e. The Hall–Kier alpha value is -3.49. The van der Waals surface area contributed by atoms with E-state index in [-0.39, 0.29) is 17.1 Å². The standard InChI is InChI=1S/C20H25NO13/c1-9(24)30-17-16(8-23)34-20(19(32-11(3)26)18(17)31-10(2)25)33-14-6-15(29-4)13(21(27)28)5-12(14)7-22/h5-6,16-20,22-23H,7-8H2,1-4H3/t16-,17-,18+,19-,20-/m1/s1. The van der Waals surface area contributed by atoms with Crippen LogP contribution >= 0.6 is 0 Å². The highest BCUT2D eigenvalue weighted by Gasteiger charge is 2.53. The Morgan fingerprint density at radius 3 is 2.00 bits per heavy atom. The summed E-state index contributed by atoms with van der Waals surface area (Å²) in [6, 6.07) is 2.14. The van der Waals surface area contributed by atoms with E-state index in [4.69, 9.17) is 28.4 Å². The molecule has 0 aliphatic carbocycles. The van der Waals surface area contributed by atoms with Crippen LogP contribution in [0.15, 0.2) is 12.1 Å². The summed E-state index contributed by atoms with van der Waals surface area (Å²) in [5.41, 5.74) is -0.481. The smallest absolute Gasteiger partial charge is 0.311 e. The molecule has 1 aromatic carbocycles. The molecule has 0 amide bonds. The second-order valence-electron chi connectivity index (χ2n) is 7.11. The zero-order chi connectivity index (χ0) is 25.6. The predicted octanol–water partition coefficient (Wildman–Crippen LogP) is -0.0132. The number of nitrogens with zero attached hydrogens (tertiary/aromatic N) is 1. The van der Waals surface area contributed by atoms with Gasteiger partial charge in [0, 0.05) is 38.5 Å². The molecule has 2 rings (SSSR count). The Morgan fingerprint density at radius 1 is 0.971 bits per heavy atom. The van der Waals surface area contributed by atoms with E-state index in [9.17, 15) is 34.7 Å². The maximum absolute atomic E-state index is 11.8. The monoisotopic (exact) mass is 487 g/mol. The van der Waals surface area contributed by atoms with E-state index < -0.39 is 72.4 Å². The van der Waals surface area contributed by atoms with Gasteiger partial charge in [0.15, 0.2) is 12.2 Å². The number of ether oxygens (including phenoxy) is 6. The summed E-state index contributed by atoms with van der Waals surface area (Å²) in [7, 11) is 1.19. The van der Waals surface area contributed by atoms with Crippen LogP contribution in [0.1, 0.15) is 26.3 Å². The van der Waals surface area contributed by atoms with E-state index in [0.29, 0.717) is 0 Å². The van der Waals surface area contributed by atoms with Gasteiger partial charge in [-0.15, -0.1) is 0 Å². The summed E-state index contributed by atoms with van der Waals surface area (Å²) in [5.74, 6) is -2.77. The zero-order valence-electron chi connectivity index (χ0n) is 18.8. The van der Waals surface area contributed by atoms with Crippen molar-refractivity contribution in [2.24, 2.45) is 0 Å². The van der Waals surface area contributed by atoms with Gasteiger partial charge >= 0.3 is 23.6 Å². The number of benzene rings is 1. The molecule has 0 radical (unpaired) electrons. The first-order valence-corrected chi connectivity index (χ1v) is 9.93. The lowest BCUT2D eigenvalue weighted by Gasteiger charge is -2.43. The number of methoxy groups -OCH3 is 1. The fraction of sp³-hybridized carbons (Fsp3) is 0.550. The molecule has 0 bridgehead atoms. The number of carbonyl (C=O) groups is 3. The van der Waals surface area contributed by atoms with Crippen molar-refractivity contribution in [1.29, 1.82) is 0 Å². The third kappa shape index (κ3) is 6.30. The quantitative estimate of drug-likeness (QED) is 0.205. The number of aliphatic hydroxyl groups excluding tert-OH is 2. The molecule has 1 heterocycles. The highest BCUT2D eigenvalue weighted by Crippen LogP contribution is 2.37. The first-order valence-electron chi connectivity index (χ1n) is 9.93. The molecule has 188 valence electrons. The van der Waals surface area contributed by atoms with Gasteiger partial charge in [-0.25, -0.2) is 0 Å². The highest BCUT2D eigenvalue weighted by atomic mass is 16.7. The van der Waals surface area contributed by atoms with Gasteiger partial charge in [-0.05, 0) is 0 Å². The van der Waals surface area contributed by atoms with Gasteiger partial charge in [-0.2, -0.15) is 0 Å². The Bertz CT molecular complexity index is 933. The van der Waals surface area contributed by atoms with E-state index in [1.807, 2.05) is 0 Å². The molecule has 1 aromatic rings. The molecule has 0 saturated carbocycles. The van der Waals surface area contributed by atoms with Crippen LogP contribution in [0.4, 0.5) is 5.69 Å². The number of esters is 3. The molecular formula is C20H25NO13. The summed E-state index contributed by atoms with van der Waals surface area (Å²) in [4.78, 5) is 45.7. The fourth-order valence-electron chi connectivity index (χ4n) is 3.35. The Balaban J connectivity index is 2.55. The van der Waals surface area contributed by atoms with E-state index >= 15 is 0 Å². The van der Waals surface area contributed by atoms with Gasteiger partial charge in [0.1, 0.15) is 11.9 Å². The molecular weight excluding hydrogens is 462 g/mol. The van der Waals surface area contributed by atoms with Gasteiger partial charge in [0.05, 0.1) is 25.2 Å². The van der Waals surface area contributed by atoms with Gasteiger partial charge < -0.3 is 38.6 Å². The predicted molar refractivity (Wildman–Crippen MR) is 109 cm³/mol. The fourth-order valence-corrected chi connectivity index (χ4v) is 3.35. The van der Waals surface area contributed by atoms with Crippen molar-refractivity contribution in [2.75, 3.05) is 13.7 Å². The normalized spacial score (nSPS) is 24.0. The van der Waals surface area contributed by atoms with Crippen molar-refractivity contribution >= 4 is 23.6 Å². The molecule has 0 aromatic heterocycles. The summed E-state index contributed by atoms with van der Waals surface area (Å²) >= 11 is 0. The molecule has 0 spiro atoms. The minimum absolute atomic E-state index is 0.0376. The topological polar surface area (TPSA) is 190 Å². The summed E-state index contributed by atoms with van der Waals surface area (Å²) < 4.78 is 32.1. The van der Waals surface area contributed by atoms with Crippen LogP contribution < -0.4 is 9.47 Å². The molecule has 1 aliphatic heterocycles. The molecule has 0 unspecified atom stereocenters. The summed E-state index contributed by atoms with van der Waals surface area (Å²) in [5, 5.41) is 30.8. The van der Waals surface area contributed by atoms with Crippen molar-refractivity contribution < 1.29 is 57.9 Å². The number of aliphatic hydroxyl groups is 2. The average molecular weight is 487 g/mol. The Labute approximate surface area is 193 Å². The molecule has 1 saturated heterocycles. The molecule has 14 nitrogen and oxygen atoms in total. The van der Waals surface area contributed by atoms with E-state index in [1.54, 1.807) is 0 Å². The first-order chi connectivity index (χ1) is 16.0. The van der Waals surface area contributed by atoms with Gasteiger partial charge in [0.2, 0.25) is 18.1 Å². The number of hydrogen-bond acceptors (Lipinski definition) is 13. The third-order valence-corrected chi connectivity index (χ3v) is 4.65. The largest absolute Gasteiger partial charge is 0.490 e. The lowest BCUT2D eigenvalue weighted by Crippen LogP contribution is -2.63. The zero-order valence-corrected chi connectivity index (χ0v) is 18.8. The lowest BCUT2D eigenvalue weighted by atomic mass is 9.98. The van der Waals surface area contributed by atoms with Crippen molar-refractivity contribution in [2.45, 2.75) is 58.1 Å². The van der Waals surface area contributed by atoms with Crippen LogP contribution in [-0.4, -0.2) is 77.5 Å². The number of carbonyl (C=O) groups excluding carboxylic acids is 3. The molecule has 2 N–H and O–H groups in total. The SMILES string of the molecule is COc1cc(O[C@@H]2O[C@H](CO)[C@@H](OC(C)=O)[C@H](OC(C)=O)[C@H]2OC(C)=O)c(CO)cc1[N+](=O)[O-]. The average Bonchev–Trinajstić information content (AvgIpc) is 2.75. The van der Waals surface area contributed by atoms with Crippen molar-refractivity contribution in [1.82, 2.24) is 0 Å².